The fourth-order valence-electron chi connectivity index (χ4n) is 0.808. The van der Waals surface area contributed by atoms with Crippen LogP contribution in [0.3, 0.4) is 0 Å². The smallest absolute Gasteiger partial charge is 0.158 e. The summed E-state index contributed by atoms with van der Waals surface area (Å²) in [6.45, 7) is 10.0. The minimum absolute atomic E-state index is 0.199. The van der Waals surface area contributed by atoms with Gasteiger partial charge in [0.05, 0.1) is 6.61 Å². The molecule has 73 valence electrons. The topological polar surface area (TPSA) is 27.7 Å². The first-order valence-corrected chi connectivity index (χ1v) is 4.44. The van der Waals surface area contributed by atoms with Gasteiger partial charge < -0.3 is 14.2 Å². The van der Waals surface area contributed by atoms with Gasteiger partial charge in [0.2, 0.25) is 0 Å². The molecule has 0 spiro atoms. The van der Waals surface area contributed by atoms with Gasteiger partial charge in [0, 0.05) is 6.61 Å². The summed E-state index contributed by atoms with van der Waals surface area (Å²) in [5, 5.41) is 0. The van der Waals surface area contributed by atoms with Crippen LogP contribution < -0.4 is 0 Å². The van der Waals surface area contributed by atoms with Crippen LogP contribution in [-0.4, -0.2) is 19.2 Å². The van der Waals surface area contributed by atoms with Gasteiger partial charge in [0.15, 0.2) is 12.6 Å². The van der Waals surface area contributed by atoms with E-state index in [1.165, 1.54) is 0 Å². The molecule has 0 amide bonds. The fourth-order valence-corrected chi connectivity index (χ4v) is 0.808. The molecule has 0 aromatic carbocycles. The van der Waals surface area contributed by atoms with Crippen molar-refractivity contribution in [3.8, 4) is 0 Å². The lowest BCUT2D eigenvalue weighted by molar-refractivity contribution is -0.220. The monoisotopic (exact) mass is 175 g/mol. The van der Waals surface area contributed by atoms with Crippen LogP contribution in [0.2, 0.25) is 0 Å². The first kappa shape index (κ1) is 11.9. The second-order valence-electron chi connectivity index (χ2n) is 2.44. The predicted molar refractivity (Wildman–Crippen MR) is 47.3 cm³/mol. The Morgan fingerprint density at radius 3 is 2.33 bits per heavy atom. The van der Waals surface area contributed by atoms with Gasteiger partial charge in [-0.1, -0.05) is 6.92 Å². The summed E-state index contributed by atoms with van der Waals surface area (Å²) in [6, 6.07) is 0. The highest BCUT2D eigenvalue weighted by molar-refractivity contribution is 4.45. The van der Waals surface area contributed by atoms with E-state index in [4.69, 9.17) is 14.2 Å². The Morgan fingerprint density at radius 1 is 1.17 bits per heavy atom. The lowest BCUT2D eigenvalue weighted by Crippen LogP contribution is -2.21. The molecule has 0 bridgehead atoms. The molecule has 0 N–H and O–H groups in total. The maximum absolute atomic E-state index is 5.32. The minimum atomic E-state index is -0.230. The molecule has 2 atom stereocenters. The predicted octanol–water partition coefficient (Wildman–Crippen LogP) is 2.32. The minimum Gasteiger partial charge on any atom is -0.353 e. The molecule has 0 saturated carbocycles. The number of hydrogen-bond acceptors (Lipinski definition) is 3. The van der Waals surface area contributed by atoms with Crippen molar-refractivity contribution >= 4 is 0 Å². The summed E-state index contributed by atoms with van der Waals surface area (Å²) in [6.07, 6.45) is 0.457. The largest absolute Gasteiger partial charge is 0.353 e. The summed E-state index contributed by atoms with van der Waals surface area (Å²) in [5.74, 6) is 0. The van der Waals surface area contributed by atoms with E-state index in [2.05, 4.69) is 0 Å². The van der Waals surface area contributed by atoms with Crippen molar-refractivity contribution in [2.75, 3.05) is 6.61 Å². The van der Waals surface area contributed by atoms with Crippen LogP contribution >= 0.6 is 0 Å². The summed E-state index contributed by atoms with van der Waals surface area (Å²) in [4.78, 5) is 0. The van der Waals surface area contributed by atoms with Crippen molar-refractivity contribution in [1.29, 1.82) is 0 Å². The standard InChI is InChI=1S/C9H19O3/c1-5-7-11-9(4)12-8(3)10-6-2/h7-9H,5-6H2,1-4H3. The Balaban J connectivity index is 3.33. The molecule has 12 heavy (non-hydrogen) atoms. The van der Waals surface area contributed by atoms with Gasteiger partial charge in [-0.2, -0.15) is 0 Å². The zero-order valence-corrected chi connectivity index (χ0v) is 8.37. The van der Waals surface area contributed by atoms with Crippen LogP contribution in [0, 0.1) is 6.61 Å². The van der Waals surface area contributed by atoms with E-state index < -0.39 is 0 Å². The Labute approximate surface area is 75.0 Å². The Bertz CT molecular complexity index is 95.8. The van der Waals surface area contributed by atoms with E-state index in [1.54, 1.807) is 6.61 Å². The van der Waals surface area contributed by atoms with E-state index >= 15 is 0 Å². The van der Waals surface area contributed by atoms with Crippen molar-refractivity contribution < 1.29 is 14.2 Å². The molecule has 1 radical (unpaired) electrons. The van der Waals surface area contributed by atoms with Crippen molar-refractivity contribution in [3.63, 3.8) is 0 Å². The number of rotatable bonds is 7. The van der Waals surface area contributed by atoms with E-state index in [9.17, 15) is 0 Å². The quantitative estimate of drug-likeness (QED) is 0.556. The third kappa shape index (κ3) is 6.58. The Kier molecular flexibility index (Phi) is 7.45. The molecule has 0 heterocycles. The summed E-state index contributed by atoms with van der Waals surface area (Å²) >= 11 is 0. The zero-order chi connectivity index (χ0) is 9.40. The van der Waals surface area contributed by atoms with Crippen LogP contribution in [-0.2, 0) is 14.2 Å². The van der Waals surface area contributed by atoms with Gasteiger partial charge in [0.1, 0.15) is 0 Å². The van der Waals surface area contributed by atoms with Crippen molar-refractivity contribution in [2.45, 2.75) is 46.7 Å². The molecule has 0 fully saturated rings. The number of ether oxygens (including phenoxy) is 3. The molecule has 0 aromatic rings. The van der Waals surface area contributed by atoms with Crippen LogP contribution in [0.15, 0.2) is 0 Å². The first-order chi connectivity index (χ1) is 5.70. The van der Waals surface area contributed by atoms with Gasteiger partial charge in [-0.25, -0.2) is 0 Å². The molecule has 3 nitrogen and oxygen atoms in total. The highest BCUT2D eigenvalue weighted by atomic mass is 16.8. The van der Waals surface area contributed by atoms with Crippen molar-refractivity contribution in [2.24, 2.45) is 0 Å². The van der Waals surface area contributed by atoms with Crippen LogP contribution in [0.1, 0.15) is 34.1 Å². The Morgan fingerprint density at radius 2 is 1.83 bits per heavy atom. The third-order valence-electron chi connectivity index (χ3n) is 1.24. The molecule has 2 unspecified atom stereocenters. The van der Waals surface area contributed by atoms with Gasteiger partial charge in [0.25, 0.3) is 0 Å². The van der Waals surface area contributed by atoms with Crippen LogP contribution in [0.4, 0.5) is 0 Å². The maximum atomic E-state index is 5.32. The first-order valence-electron chi connectivity index (χ1n) is 4.44. The highest BCUT2D eigenvalue weighted by Gasteiger charge is 2.07. The highest BCUT2D eigenvalue weighted by Crippen LogP contribution is 2.03. The molecular weight excluding hydrogens is 156 g/mol. The average molecular weight is 175 g/mol. The second-order valence-corrected chi connectivity index (χ2v) is 2.44. The molecule has 3 heteroatoms. The van der Waals surface area contributed by atoms with Crippen LogP contribution in [0.25, 0.3) is 0 Å². The molecule has 0 aliphatic heterocycles. The normalized spacial score (nSPS) is 16.0. The van der Waals surface area contributed by atoms with E-state index in [1.807, 2.05) is 27.7 Å². The van der Waals surface area contributed by atoms with E-state index in [-0.39, 0.29) is 12.6 Å². The SMILES string of the molecule is CC[CH]OC(C)OC(C)OCC. The van der Waals surface area contributed by atoms with Crippen molar-refractivity contribution in [3.05, 3.63) is 6.61 Å². The summed E-state index contributed by atoms with van der Waals surface area (Å²) in [7, 11) is 0. The lowest BCUT2D eigenvalue weighted by Gasteiger charge is -2.18. The van der Waals surface area contributed by atoms with E-state index in [0.29, 0.717) is 6.61 Å². The number of hydrogen-bond donors (Lipinski definition) is 0. The van der Waals surface area contributed by atoms with Crippen molar-refractivity contribution in [1.82, 2.24) is 0 Å². The van der Waals surface area contributed by atoms with E-state index in [0.717, 1.165) is 6.42 Å². The zero-order valence-electron chi connectivity index (χ0n) is 8.37. The average Bonchev–Trinajstić information content (AvgIpc) is 2.01. The molecule has 0 saturated heterocycles. The molecule has 0 rings (SSSR count). The lowest BCUT2D eigenvalue weighted by atomic mass is 10.5. The summed E-state index contributed by atoms with van der Waals surface area (Å²) in [5.41, 5.74) is 0. The second kappa shape index (κ2) is 7.53. The fraction of sp³-hybridized carbons (Fsp3) is 0.889. The summed E-state index contributed by atoms with van der Waals surface area (Å²) < 4.78 is 15.7. The molecule has 0 aromatic heterocycles. The molecule has 0 aliphatic carbocycles. The Hall–Kier alpha value is -0.120. The molecule has 0 aliphatic rings. The van der Waals surface area contributed by atoms with Crippen LogP contribution in [0.5, 0.6) is 0 Å². The van der Waals surface area contributed by atoms with Gasteiger partial charge in [-0.05, 0) is 27.2 Å². The third-order valence-corrected chi connectivity index (χ3v) is 1.24. The maximum Gasteiger partial charge on any atom is 0.158 e. The molecular formula is C9H19O3. The van der Waals surface area contributed by atoms with Gasteiger partial charge >= 0.3 is 0 Å². The van der Waals surface area contributed by atoms with Gasteiger partial charge in [-0.3, -0.25) is 0 Å². The van der Waals surface area contributed by atoms with Gasteiger partial charge in [-0.15, -0.1) is 0 Å².